The number of benzene rings is 1. The van der Waals surface area contributed by atoms with Crippen LogP contribution in [0.25, 0.3) is 0 Å². The van der Waals surface area contributed by atoms with Gasteiger partial charge in [0.25, 0.3) is 11.2 Å². The van der Waals surface area contributed by atoms with Gasteiger partial charge in [-0.05, 0) is 11.6 Å². The van der Waals surface area contributed by atoms with Crippen molar-refractivity contribution in [3.05, 3.63) is 76.8 Å². The van der Waals surface area contributed by atoms with Crippen molar-refractivity contribution in [2.24, 2.45) is 5.73 Å². The summed E-state index contributed by atoms with van der Waals surface area (Å²) in [5.74, 6) is -1.73. The number of aromatic nitrogens is 2. The SMILES string of the molecule is N#CC1=C(N)Oc2[nH]c(=O)[nH]c(=O)c2C1c1cc([N+](=O)[O-])ccc1Cl. The van der Waals surface area contributed by atoms with Gasteiger partial charge in [0.15, 0.2) is 0 Å². The van der Waals surface area contributed by atoms with Gasteiger partial charge in [0.05, 0.1) is 16.4 Å². The monoisotopic (exact) mass is 361 g/mol. The third-order valence-corrected chi connectivity index (χ3v) is 3.96. The van der Waals surface area contributed by atoms with Crippen molar-refractivity contribution in [1.82, 2.24) is 9.97 Å². The number of H-pyrrole nitrogens is 2. The number of halogens is 1. The molecule has 2 heterocycles. The summed E-state index contributed by atoms with van der Waals surface area (Å²) in [5, 5.41) is 20.5. The van der Waals surface area contributed by atoms with Crippen molar-refractivity contribution in [3.63, 3.8) is 0 Å². The predicted octanol–water partition coefficient (Wildman–Crippen LogP) is 0.843. The average molecular weight is 362 g/mol. The Kier molecular flexibility index (Phi) is 3.78. The Morgan fingerprint density at radius 1 is 1.36 bits per heavy atom. The predicted molar refractivity (Wildman–Crippen MR) is 85.1 cm³/mol. The highest BCUT2D eigenvalue weighted by Crippen LogP contribution is 2.42. The van der Waals surface area contributed by atoms with Crippen molar-refractivity contribution in [1.29, 1.82) is 5.26 Å². The minimum absolute atomic E-state index is 0.0783. The Hall–Kier alpha value is -3.58. The number of ether oxygens (including phenoxy) is 1. The van der Waals surface area contributed by atoms with E-state index in [1.165, 1.54) is 12.1 Å². The Bertz CT molecular complexity index is 1090. The molecule has 11 heteroatoms. The molecule has 1 atom stereocenters. The second kappa shape index (κ2) is 5.81. The minimum Gasteiger partial charge on any atom is -0.424 e. The van der Waals surface area contributed by atoms with Crippen LogP contribution in [0.1, 0.15) is 17.0 Å². The molecule has 1 aromatic carbocycles. The van der Waals surface area contributed by atoms with Crippen LogP contribution in [0.15, 0.2) is 39.2 Å². The average Bonchev–Trinajstić information content (AvgIpc) is 2.53. The van der Waals surface area contributed by atoms with Gasteiger partial charge in [-0.2, -0.15) is 5.26 Å². The van der Waals surface area contributed by atoms with E-state index in [4.69, 9.17) is 22.1 Å². The fraction of sp³-hybridized carbons (Fsp3) is 0.0714. The minimum atomic E-state index is -1.14. The summed E-state index contributed by atoms with van der Waals surface area (Å²) < 4.78 is 5.15. The lowest BCUT2D eigenvalue weighted by molar-refractivity contribution is -0.384. The van der Waals surface area contributed by atoms with E-state index in [0.717, 1.165) is 6.07 Å². The van der Waals surface area contributed by atoms with E-state index >= 15 is 0 Å². The fourth-order valence-electron chi connectivity index (χ4n) is 2.57. The van der Waals surface area contributed by atoms with E-state index in [1.807, 2.05) is 11.1 Å². The van der Waals surface area contributed by atoms with Crippen molar-refractivity contribution in [2.45, 2.75) is 5.92 Å². The number of nitrogens with two attached hydrogens (primary N) is 1. The van der Waals surface area contributed by atoms with Crippen LogP contribution < -0.4 is 21.7 Å². The quantitative estimate of drug-likeness (QED) is 0.525. The molecule has 0 radical (unpaired) electrons. The number of nitrogens with one attached hydrogen (secondary N) is 2. The van der Waals surface area contributed by atoms with E-state index in [-0.39, 0.29) is 39.2 Å². The number of nitro benzene ring substituents is 1. The van der Waals surface area contributed by atoms with E-state index in [0.29, 0.717) is 0 Å². The van der Waals surface area contributed by atoms with Crippen LogP contribution in [0.3, 0.4) is 0 Å². The molecule has 0 spiro atoms. The molecule has 1 aliphatic rings. The first-order chi connectivity index (χ1) is 11.8. The number of rotatable bonds is 2. The normalized spacial score (nSPS) is 15.9. The van der Waals surface area contributed by atoms with Gasteiger partial charge in [-0.25, -0.2) is 4.79 Å². The molecule has 1 aromatic heterocycles. The Morgan fingerprint density at radius 2 is 2.08 bits per heavy atom. The van der Waals surface area contributed by atoms with Gasteiger partial charge < -0.3 is 10.5 Å². The molecule has 0 amide bonds. The van der Waals surface area contributed by atoms with Gasteiger partial charge in [-0.3, -0.25) is 24.9 Å². The molecule has 4 N–H and O–H groups in total. The van der Waals surface area contributed by atoms with Crippen LogP contribution in [0.2, 0.25) is 5.02 Å². The van der Waals surface area contributed by atoms with Crippen molar-refractivity contribution < 1.29 is 9.66 Å². The Balaban J connectivity index is 2.37. The second-order valence-corrected chi connectivity index (χ2v) is 5.45. The lowest BCUT2D eigenvalue weighted by Gasteiger charge is -2.25. The number of nitrogens with zero attached hydrogens (tertiary/aromatic N) is 2. The molecule has 126 valence electrons. The molecule has 0 saturated heterocycles. The van der Waals surface area contributed by atoms with E-state index in [9.17, 15) is 25.0 Å². The van der Waals surface area contributed by atoms with Crippen LogP contribution in [0.5, 0.6) is 5.88 Å². The Labute approximate surface area is 143 Å². The zero-order valence-electron chi connectivity index (χ0n) is 12.2. The zero-order chi connectivity index (χ0) is 18.3. The number of non-ortho nitro benzene ring substituents is 1. The lowest BCUT2D eigenvalue weighted by Crippen LogP contribution is -2.33. The molecule has 0 aliphatic carbocycles. The Morgan fingerprint density at radius 3 is 2.72 bits per heavy atom. The standard InChI is InChI=1S/C14H8ClN5O5/c15-8-2-1-5(20(23)24)3-6(8)9-7(4-16)11(17)25-13-10(9)12(21)18-14(22)19-13/h1-3,9H,17H2,(H2,18,19,21,22). The molecule has 0 fully saturated rings. The number of aromatic amines is 2. The van der Waals surface area contributed by atoms with Crippen LogP contribution in [-0.4, -0.2) is 14.9 Å². The molecule has 10 nitrogen and oxygen atoms in total. The first kappa shape index (κ1) is 16.3. The maximum atomic E-state index is 12.3. The molecule has 0 bridgehead atoms. The number of fused-ring (bicyclic) bond motifs is 1. The van der Waals surface area contributed by atoms with Gasteiger partial charge in [-0.15, -0.1) is 0 Å². The molecular weight excluding hydrogens is 354 g/mol. The third-order valence-electron chi connectivity index (χ3n) is 3.62. The molecule has 25 heavy (non-hydrogen) atoms. The van der Waals surface area contributed by atoms with E-state index < -0.39 is 22.1 Å². The number of nitriles is 1. The van der Waals surface area contributed by atoms with Crippen molar-refractivity contribution in [3.8, 4) is 11.9 Å². The molecule has 2 aromatic rings. The molecule has 3 rings (SSSR count). The lowest BCUT2D eigenvalue weighted by atomic mass is 9.85. The molecule has 1 unspecified atom stereocenters. The smallest absolute Gasteiger partial charge is 0.328 e. The van der Waals surface area contributed by atoms with Crippen LogP contribution in [-0.2, 0) is 0 Å². The molecule has 1 aliphatic heterocycles. The number of hydrogen-bond donors (Lipinski definition) is 3. The maximum Gasteiger partial charge on any atom is 0.328 e. The highest BCUT2D eigenvalue weighted by atomic mass is 35.5. The van der Waals surface area contributed by atoms with Gasteiger partial charge in [-0.1, -0.05) is 11.6 Å². The van der Waals surface area contributed by atoms with E-state index in [1.54, 1.807) is 0 Å². The summed E-state index contributed by atoms with van der Waals surface area (Å²) in [4.78, 5) is 38.4. The van der Waals surface area contributed by atoms with Crippen LogP contribution in [0.4, 0.5) is 5.69 Å². The van der Waals surface area contributed by atoms with Crippen LogP contribution >= 0.6 is 11.6 Å². The summed E-state index contributed by atoms with van der Waals surface area (Å²) in [7, 11) is 0. The van der Waals surface area contributed by atoms with Gasteiger partial charge in [0.2, 0.25) is 11.8 Å². The number of nitro groups is 1. The third kappa shape index (κ3) is 2.62. The fourth-order valence-corrected chi connectivity index (χ4v) is 2.79. The second-order valence-electron chi connectivity index (χ2n) is 5.04. The van der Waals surface area contributed by atoms with Gasteiger partial charge in [0.1, 0.15) is 11.6 Å². The summed E-state index contributed by atoms with van der Waals surface area (Å²) in [6.45, 7) is 0. The number of hydrogen-bond acceptors (Lipinski definition) is 7. The summed E-state index contributed by atoms with van der Waals surface area (Å²) in [6, 6.07) is 5.41. The highest BCUT2D eigenvalue weighted by Gasteiger charge is 2.36. The summed E-state index contributed by atoms with van der Waals surface area (Å²) in [6.07, 6.45) is 0. The van der Waals surface area contributed by atoms with Gasteiger partial charge >= 0.3 is 5.69 Å². The summed E-state index contributed by atoms with van der Waals surface area (Å²) in [5.41, 5.74) is 3.57. The van der Waals surface area contributed by atoms with Crippen LogP contribution in [0, 0.1) is 21.4 Å². The van der Waals surface area contributed by atoms with Gasteiger partial charge in [0, 0.05) is 17.2 Å². The molecule has 0 saturated carbocycles. The molecular formula is C14H8ClN5O5. The van der Waals surface area contributed by atoms with Crippen molar-refractivity contribution >= 4 is 17.3 Å². The summed E-state index contributed by atoms with van der Waals surface area (Å²) >= 11 is 6.13. The largest absolute Gasteiger partial charge is 0.424 e. The first-order valence-corrected chi connectivity index (χ1v) is 7.09. The first-order valence-electron chi connectivity index (χ1n) is 6.71. The maximum absolute atomic E-state index is 12.3. The van der Waals surface area contributed by atoms with Crippen molar-refractivity contribution in [2.75, 3.05) is 0 Å². The zero-order valence-corrected chi connectivity index (χ0v) is 13.0. The topological polar surface area (TPSA) is 168 Å². The van der Waals surface area contributed by atoms with E-state index in [2.05, 4.69) is 4.98 Å². The number of allylic oxidation sites excluding steroid dienone is 1. The highest BCUT2D eigenvalue weighted by molar-refractivity contribution is 6.31.